The van der Waals surface area contributed by atoms with Crippen molar-refractivity contribution in [2.75, 3.05) is 39.9 Å². The van der Waals surface area contributed by atoms with Crippen molar-refractivity contribution < 1.29 is 14.3 Å². The van der Waals surface area contributed by atoms with Gasteiger partial charge in [0.2, 0.25) is 11.8 Å². The van der Waals surface area contributed by atoms with Gasteiger partial charge in [0.1, 0.15) is 6.61 Å². The lowest BCUT2D eigenvalue weighted by Crippen LogP contribution is -2.39. The maximum absolute atomic E-state index is 13.0. The number of amides is 2. The summed E-state index contributed by atoms with van der Waals surface area (Å²) in [5, 5.41) is 0. The van der Waals surface area contributed by atoms with Crippen molar-refractivity contribution >= 4 is 11.8 Å². The number of nitrogens with zero attached hydrogens (tertiary/aromatic N) is 2. The van der Waals surface area contributed by atoms with Gasteiger partial charge in [0, 0.05) is 33.3 Å². The molecule has 0 bridgehead atoms. The molecule has 148 valence electrons. The highest BCUT2D eigenvalue weighted by molar-refractivity contribution is 5.82. The zero-order valence-corrected chi connectivity index (χ0v) is 16.6. The number of likely N-dealkylation sites (N-methyl/N-ethyl adjacent to an activating group) is 1. The van der Waals surface area contributed by atoms with E-state index in [4.69, 9.17) is 4.74 Å². The monoisotopic (exact) mass is 380 g/mol. The minimum absolute atomic E-state index is 0.0521. The van der Waals surface area contributed by atoms with Crippen LogP contribution in [-0.2, 0) is 20.7 Å². The Morgan fingerprint density at radius 1 is 1.07 bits per heavy atom. The Hall–Kier alpha value is -2.66. The van der Waals surface area contributed by atoms with Crippen molar-refractivity contribution in [3.63, 3.8) is 0 Å². The molecular formula is C23H28N2O3. The SMILES string of the molecule is CCN1CCN(C(=O)COC)CC(Cc2cccc(-c3ccccc3)c2)C1=O. The van der Waals surface area contributed by atoms with Gasteiger partial charge < -0.3 is 14.5 Å². The molecule has 2 aromatic rings. The molecule has 28 heavy (non-hydrogen) atoms. The first-order chi connectivity index (χ1) is 13.6. The van der Waals surface area contributed by atoms with Crippen molar-refractivity contribution in [1.29, 1.82) is 0 Å². The smallest absolute Gasteiger partial charge is 0.248 e. The fourth-order valence-electron chi connectivity index (χ4n) is 3.75. The summed E-state index contributed by atoms with van der Waals surface area (Å²) in [5.41, 5.74) is 3.40. The summed E-state index contributed by atoms with van der Waals surface area (Å²) < 4.78 is 5.01. The van der Waals surface area contributed by atoms with E-state index in [1.54, 1.807) is 4.90 Å². The summed E-state index contributed by atoms with van der Waals surface area (Å²) in [5.74, 6) is -0.175. The standard InChI is InChI=1S/C23H28N2O3/c1-3-24-12-13-25(22(26)17-28-2)16-21(23(24)27)15-18-8-7-11-20(14-18)19-9-5-4-6-10-19/h4-11,14,21H,3,12-13,15-17H2,1-2H3. The van der Waals surface area contributed by atoms with Crippen LogP contribution in [0.1, 0.15) is 12.5 Å². The molecule has 0 radical (unpaired) electrons. The third kappa shape index (κ3) is 4.78. The quantitative estimate of drug-likeness (QED) is 0.774. The zero-order valence-electron chi connectivity index (χ0n) is 16.6. The number of rotatable bonds is 6. The van der Waals surface area contributed by atoms with Crippen LogP contribution in [0.4, 0.5) is 0 Å². The molecule has 1 heterocycles. The summed E-state index contributed by atoms with van der Waals surface area (Å²) in [7, 11) is 1.52. The molecule has 2 aromatic carbocycles. The summed E-state index contributed by atoms with van der Waals surface area (Å²) in [6.45, 7) is 4.26. The van der Waals surface area contributed by atoms with Crippen LogP contribution in [0.15, 0.2) is 54.6 Å². The van der Waals surface area contributed by atoms with Gasteiger partial charge in [-0.3, -0.25) is 9.59 Å². The minimum Gasteiger partial charge on any atom is -0.375 e. The van der Waals surface area contributed by atoms with E-state index in [1.165, 1.54) is 7.11 Å². The number of methoxy groups -OCH3 is 1. The Bertz CT molecular complexity index is 807. The predicted molar refractivity (Wildman–Crippen MR) is 110 cm³/mol. The maximum Gasteiger partial charge on any atom is 0.248 e. The van der Waals surface area contributed by atoms with Crippen LogP contribution in [0.2, 0.25) is 0 Å². The first-order valence-corrected chi connectivity index (χ1v) is 9.82. The molecule has 3 rings (SSSR count). The van der Waals surface area contributed by atoms with E-state index < -0.39 is 0 Å². The van der Waals surface area contributed by atoms with Gasteiger partial charge in [-0.15, -0.1) is 0 Å². The Morgan fingerprint density at radius 2 is 1.82 bits per heavy atom. The molecule has 2 amide bonds. The van der Waals surface area contributed by atoms with Crippen LogP contribution in [-0.4, -0.2) is 61.5 Å². The summed E-state index contributed by atoms with van der Waals surface area (Å²) in [4.78, 5) is 29.0. The Balaban J connectivity index is 1.81. The van der Waals surface area contributed by atoms with Crippen LogP contribution in [0, 0.1) is 5.92 Å². The van der Waals surface area contributed by atoms with E-state index in [0.717, 1.165) is 16.7 Å². The lowest BCUT2D eigenvalue weighted by Gasteiger charge is -2.23. The van der Waals surface area contributed by atoms with Crippen LogP contribution in [0.5, 0.6) is 0 Å². The lowest BCUT2D eigenvalue weighted by atomic mass is 9.95. The van der Waals surface area contributed by atoms with Gasteiger partial charge >= 0.3 is 0 Å². The van der Waals surface area contributed by atoms with Gasteiger partial charge in [-0.2, -0.15) is 0 Å². The Kier molecular flexibility index (Phi) is 6.82. The molecule has 0 aromatic heterocycles. The second kappa shape index (κ2) is 9.51. The lowest BCUT2D eigenvalue weighted by molar-refractivity contribution is -0.136. The van der Waals surface area contributed by atoms with Crippen molar-refractivity contribution in [2.45, 2.75) is 13.3 Å². The molecule has 5 heteroatoms. The first kappa shape index (κ1) is 20.1. The number of benzene rings is 2. The number of ether oxygens (including phenoxy) is 1. The zero-order chi connectivity index (χ0) is 19.9. The molecule has 1 aliphatic heterocycles. The van der Waals surface area contributed by atoms with Crippen LogP contribution in [0.25, 0.3) is 11.1 Å². The average molecular weight is 380 g/mol. The van der Waals surface area contributed by atoms with E-state index in [9.17, 15) is 9.59 Å². The van der Waals surface area contributed by atoms with Crippen molar-refractivity contribution in [3.05, 3.63) is 60.2 Å². The number of hydrogen-bond donors (Lipinski definition) is 0. The topological polar surface area (TPSA) is 49.9 Å². The Morgan fingerprint density at radius 3 is 2.54 bits per heavy atom. The van der Waals surface area contributed by atoms with Crippen LogP contribution < -0.4 is 0 Å². The Labute approximate surface area is 166 Å². The van der Waals surface area contributed by atoms with E-state index in [0.29, 0.717) is 32.6 Å². The van der Waals surface area contributed by atoms with Gasteiger partial charge in [0.05, 0.1) is 5.92 Å². The average Bonchev–Trinajstić information content (AvgIpc) is 2.88. The van der Waals surface area contributed by atoms with Gasteiger partial charge in [-0.1, -0.05) is 54.6 Å². The van der Waals surface area contributed by atoms with Crippen molar-refractivity contribution in [3.8, 4) is 11.1 Å². The molecular weight excluding hydrogens is 352 g/mol. The third-order valence-corrected chi connectivity index (χ3v) is 5.26. The molecule has 0 N–H and O–H groups in total. The second-order valence-corrected chi connectivity index (χ2v) is 7.16. The van der Waals surface area contributed by atoms with Crippen molar-refractivity contribution in [1.82, 2.24) is 9.80 Å². The van der Waals surface area contributed by atoms with Gasteiger partial charge in [0.15, 0.2) is 0 Å². The molecule has 0 spiro atoms. The summed E-state index contributed by atoms with van der Waals surface area (Å²) in [6.07, 6.45) is 0.618. The highest BCUT2D eigenvalue weighted by atomic mass is 16.5. The highest BCUT2D eigenvalue weighted by Gasteiger charge is 2.31. The molecule has 1 fully saturated rings. The molecule has 5 nitrogen and oxygen atoms in total. The summed E-state index contributed by atoms with van der Waals surface area (Å²) in [6, 6.07) is 18.5. The van der Waals surface area contributed by atoms with E-state index in [1.807, 2.05) is 36.1 Å². The third-order valence-electron chi connectivity index (χ3n) is 5.26. The summed E-state index contributed by atoms with van der Waals surface area (Å²) >= 11 is 0. The van der Waals surface area contributed by atoms with Gasteiger partial charge in [0.25, 0.3) is 0 Å². The minimum atomic E-state index is -0.241. The second-order valence-electron chi connectivity index (χ2n) is 7.16. The fraction of sp³-hybridized carbons (Fsp3) is 0.391. The largest absolute Gasteiger partial charge is 0.375 e. The number of hydrogen-bond acceptors (Lipinski definition) is 3. The molecule has 1 aliphatic rings. The van der Waals surface area contributed by atoms with E-state index in [2.05, 4.69) is 30.3 Å². The fourth-order valence-corrected chi connectivity index (χ4v) is 3.75. The first-order valence-electron chi connectivity index (χ1n) is 9.82. The van der Waals surface area contributed by atoms with Gasteiger partial charge in [-0.05, 0) is 30.0 Å². The van der Waals surface area contributed by atoms with Crippen LogP contribution in [0.3, 0.4) is 0 Å². The van der Waals surface area contributed by atoms with E-state index >= 15 is 0 Å². The number of carbonyl (C=O) groups is 2. The highest BCUT2D eigenvalue weighted by Crippen LogP contribution is 2.23. The van der Waals surface area contributed by atoms with Gasteiger partial charge in [-0.25, -0.2) is 0 Å². The predicted octanol–water partition coefficient (Wildman–Crippen LogP) is 2.85. The number of carbonyl (C=O) groups excluding carboxylic acids is 2. The van der Waals surface area contributed by atoms with Crippen molar-refractivity contribution in [2.24, 2.45) is 5.92 Å². The molecule has 1 atom stereocenters. The maximum atomic E-state index is 13.0. The van der Waals surface area contributed by atoms with Crippen LogP contribution >= 0.6 is 0 Å². The molecule has 0 saturated carbocycles. The normalized spacial score (nSPS) is 17.5. The van der Waals surface area contributed by atoms with E-state index in [-0.39, 0.29) is 24.3 Å². The molecule has 0 aliphatic carbocycles. The molecule has 1 saturated heterocycles. The molecule has 1 unspecified atom stereocenters.